The zero-order valence-electron chi connectivity index (χ0n) is 13.9. The molecule has 0 heterocycles. The topological polar surface area (TPSA) is 58.9 Å². The molecule has 21 heavy (non-hydrogen) atoms. The standard InChI is InChI=1S/C17H36O4/c1-2-3-4-5-6-7-8-9-10-11-12-13-14-20-16-17(15-18)21-19/h17-19H,2-16H2,1H3/t17-/m0/s1. The zero-order valence-corrected chi connectivity index (χ0v) is 13.9. The first-order valence-electron chi connectivity index (χ1n) is 8.84. The first-order chi connectivity index (χ1) is 10.3. The van der Waals surface area contributed by atoms with Crippen LogP contribution in [-0.2, 0) is 9.62 Å². The number of hydrogen-bond donors (Lipinski definition) is 2. The van der Waals surface area contributed by atoms with Crippen molar-refractivity contribution in [2.75, 3.05) is 19.8 Å². The van der Waals surface area contributed by atoms with Gasteiger partial charge in [-0.2, -0.15) is 0 Å². The lowest BCUT2D eigenvalue weighted by Crippen LogP contribution is -2.22. The second kappa shape index (κ2) is 17.9. The minimum absolute atomic E-state index is 0.213. The molecule has 0 fully saturated rings. The Hall–Kier alpha value is -0.160. The van der Waals surface area contributed by atoms with Crippen molar-refractivity contribution in [1.29, 1.82) is 0 Å². The van der Waals surface area contributed by atoms with Gasteiger partial charge in [-0.1, -0.05) is 77.6 Å². The number of unbranched alkanes of at least 4 members (excludes halogenated alkanes) is 11. The van der Waals surface area contributed by atoms with E-state index in [2.05, 4.69) is 11.8 Å². The van der Waals surface area contributed by atoms with Crippen molar-refractivity contribution in [2.24, 2.45) is 0 Å². The van der Waals surface area contributed by atoms with Crippen molar-refractivity contribution in [3.8, 4) is 0 Å². The number of aliphatic hydroxyl groups is 1. The smallest absolute Gasteiger partial charge is 0.139 e. The SMILES string of the molecule is CCCCCCCCCCCCCCOC[C@H](CO)OO. The normalized spacial score (nSPS) is 12.7. The molecule has 0 spiro atoms. The average molecular weight is 304 g/mol. The van der Waals surface area contributed by atoms with E-state index in [1.807, 2.05) is 0 Å². The summed E-state index contributed by atoms with van der Waals surface area (Å²) >= 11 is 0. The summed E-state index contributed by atoms with van der Waals surface area (Å²) in [5, 5.41) is 17.2. The lowest BCUT2D eigenvalue weighted by atomic mass is 10.1. The minimum Gasteiger partial charge on any atom is -0.393 e. The molecular formula is C17H36O4. The second-order valence-corrected chi connectivity index (χ2v) is 5.87. The van der Waals surface area contributed by atoms with E-state index in [-0.39, 0.29) is 13.2 Å². The van der Waals surface area contributed by atoms with Crippen molar-refractivity contribution in [3.05, 3.63) is 0 Å². The Morgan fingerprint density at radius 1 is 0.762 bits per heavy atom. The van der Waals surface area contributed by atoms with E-state index in [1.165, 1.54) is 70.6 Å². The largest absolute Gasteiger partial charge is 0.393 e. The van der Waals surface area contributed by atoms with Crippen LogP contribution >= 0.6 is 0 Å². The highest BCUT2D eigenvalue weighted by molar-refractivity contribution is 4.51. The molecule has 128 valence electrons. The zero-order chi connectivity index (χ0) is 15.6. The predicted octanol–water partition coefficient (Wildman–Crippen LogP) is 4.55. The van der Waals surface area contributed by atoms with Crippen molar-refractivity contribution in [1.82, 2.24) is 0 Å². The van der Waals surface area contributed by atoms with Gasteiger partial charge in [0.15, 0.2) is 0 Å². The van der Waals surface area contributed by atoms with Crippen LogP contribution < -0.4 is 0 Å². The van der Waals surface area contributed by atoms with Crippen LogP contribution in [0.5, 0.6) is 0 Å². The molecule has 0 saturated carbocycles. The van der Waals surface area contributed by atoms with Gasteiger partial charge in [0, 0.05) is 6.61 Å². The summed E-state index contributed by atoms with van der Waals surface area (Å²) < 4.78 is 5.32. The van der Waals surface area contributed by atoms with Crippen LogP contribution in [0.15, 0.2) is 0 Å². The third-order valence-electron chi connectivity index (χ3n) is 3.80. The van der Waals surface area contributed by atoms with Crippen LogP contribution in [0.25, 0.3) is 0 Å². The van der Waals surface area contributed by atoms with E-state index in [4.69, 9.17) is 15.1 Å². The van der Waals surface area contributed by atoms with Gasteiger partial charge in [0.25, 0.3) is 0 Å². The van der Waals surface area contributed by atoms with Crippen LogP contribution in [0.2, 0.25) is 0 Å². The molecular weight excluding hydrogens is 268 g/mol. The molecule has 0 radical (unpaired) electrons. The first-order valence-corrected chi connectivity index (χ1v) is 8.84. The van der Waals surface area contributed by atoms with Crippen molar-refractivity contribution in [3.63, 3.8) is 0 Å². The maximum atomic E-state index is 8.76. The Kier molecular flexibility index (Phi) is 17.8. The predicted molar refractivity (Wildman–Crippen MR) is 86.5 cm³/mol. The molecule has 0 amide bonds. The first kappa shape index (κ1) is 20.8. The Morgan fingerprint density at radius 3 is 1.67 bits per heavy atom. The Labute approximate surface area is 130 Å². The Balaban J connectivity index is 3.02. The number of aliphatic hydroxyl groups excluding tert-OH is 1. The van der Waals surface area contributed by atoms with Crippen LogP contribution in [0.4, 0.5) is 0 Å². The van der Waals surface area contributed by atoms with Crippen molar-refractivity contribution in [2.45, 2.75) is 90.1 Å². The molecule has 4 nitrogen and oxygen atoms in total. The fourth-order valence-corrected chi connectivity index (χ4v) is 2.38. The molecule has 4 heteroatoms. The van der Waals surface area contributed by atoms with E-state index in [9.17, 15) is 0 Å². The molecule has 0 bridgehead atoms. The summed E-state index contributed by atoms with van der Waals surface area (Å²) in [5.74, 6) is 0. The van der Waals surface area contributed by atoms with Crippen LogP contribution in [0.1, 0.15) is 84.0 Å². The average Bonchev–Trinajstić information content (AvgIpc) is 2.51. The Bertz CT molecular complexity index is 184. The summed E-state index contributed by atoms with van der Waals surface area (Å²) in [7, 11) is 0. The van der Waals surface area contributed by atoms with Crippen LogP contribution in [0, 0.1) is 0 Å². The quantitative estimate of drug-likeness (QED) is 0.235. The third kappa shape index (κ3) is 16.0. The Morgan fingerprint density at radius 2 is 1.24 bits per heavy atom. The highest BCUT2D eigenvalue weighted by Crippen LogP contribution is 2.11. The molecule has 0 aliphatic rings. The molecule has 0 aromatic heterocycles. The second-order valence-electron chi connectivity index (χ2n) is 5.87. The molecule has 2 N–H and O–H groups in total. The van der Waals surface area contributed by atoms with Gasteiger partial charge in [0.05, 0.1) is 13.2 Å². The van der Waals surface area contributed by atoms with Gasteiger partial charge in [0.2, 0.25) is 0 Å². The summed E-state index contributed by atoms with van der Waals surface area (Å²) in [5.41, 5.74) is 0. The monoisotopic (exact) mass is 304 g/mol. The molecule has 0 aliphatic carbocycles. The highest BCUT2D eigenvalue weighted by Gasteiger charge is 2.06. The summed E-state index contributed by atoms with van der Waals surface area (Å²) in [6, 6.07) is 0. The van der Waals surface area contributed by atoms with Crippen molar-refractivity contribution < 1.29 is 20.0 Å². The lowest BCUT2D eigenvalue weighted by molar-refractivity contribution is -0.293. The van der Waals surface area contributed by atoms with E-state index in [0.29, 0.717) is 6.61 Å². The highest BCUT2D eigenvalue weighted by atomic mass is 17.1. The third-order valence-corrected chi connectivity index (χ3v) is 3.80. The molecule has 0 rings (SSSR count). The fraction of sp³-hybridized carbons (Fsp3) is 1.00. The van der Waals surface area contributed by atoms with E-state index >= 15 is 0 Å². The van der Waals surface area contributed by atoms with Gasteiger partial charge in [-0.3, -0.25) is 5.26 Å². The number of ether oxygens (including phenoxy) is 1. The van der Waals surface area contributed by atoms with Gasteiger partial charge in [0.1, 0.15) is 6.10 Å². The summed E-state index contributed by atoms with van der Waals surface area (Å²) in [4.78, 5) is 4.04. The van der Waals surface area contributed by atoms with Crippen LogP contribution in [-0.4, -0.2) is 36.3 Å². The van der Waals surface area contributed by atoms with Gasteiger partial charge in [-0.05, 0) is 6.42 Å². The molecule has 0 aliphatic heterocycles. The van der Waals surface area contributed by atoms with E-state index in [0.717, 1.165) is 6.42 Å². The van der Waals surface area contributed by atoms with Gasteiger partial charge >= 0.3 is 0 Å². The number of hydrogen-bond acceptors (Lipinski definition) is 4. The molecule has 0 aromatic carbocycles. The van der Waals surface area contributed by atoms with E-state index in [1.54, 1.807) is 0 Å². The maximum absolute atomic E-state index is 8.76. The van der Waals surface area contributed by atoms with E-state index < -0.39 is 6.10 Å². The number of rotatable bonds is 17. The van der Waals surface area contributed by atoms with Gasteiger partial charge in [-0.15, -0.1) is 0 Å². The molecule has 0 saturated heterocycles. The summed E-state index contributed by atoms with van der Waals surface area (Å²) in [6.45, 7) is 2.98. The molecule has 0 aromatic rings. The van der Waals surface area contributed by atoms with Gasteiger partial charge in [-0.25, -0.2) is 4.89 Å². The minimum atomic E-state index is -0.609. The molecule has 0 unspecified atom stereocenters. The van der Waals surface area contributed by atoms with Crippen LogP contribution in [0.3, 0.4) is 0 Å². The van der Waals surface area contributed by atoms with Crippen molar-refractivity contribution >= 4 is 0 Å². The fourth-order valence-electron chi connectivity index (χ4n) is 2.38. The molecule has 1 atom stereocenters. The van der Waals surface area contributed by atoms with Gasteiger partial charge < -0.3 is 9.84 Å². The lowest BCUT2D eigenvalue weighted by Gasteiger charge is -2.10. The summed E-state index contributed by atoms with van der Waals surface area (Å²) in [6.07, 6.45) is 15.3. The maximum Gasteiger partial charge on any atom is 0.139 e.